The molecule has 0 aromatic carbocycles. The molecular formula is C7H13NO4. The molecular weight excluding hydrogens is 162 g/mol. The molecule has 0 rings (SSSR count). The van der Waals surface area contributed by atoms with Crippen molar-refractivity contribution in [3.05, 3.63) is 0 Å². The summed E-state index contributed by atoms with van der Waals surface area (Å²) in [6.07, 6.45) is 1.05. The first-order valence-electron chi connectivity index (χ1n) is 3.74. The second-order valence-electron chi connectivity index (χ2n) is 2.41. The van der Waals surface area contributed by atoms with Crippen molar-refractivity contribution in [1.82, 2.24) is 5.32 Å². The molecule has 0 aliphatic heterocycles. The number of hydrogen-bond acceptors (Lipinski definition) is 3. The van der Waals surface area contributed by atoms with Crippen LogP contribution in [0.25, 0.3) is 0 Å². The molecule has 3 N–H and O–H groups in total. The molecule has 5 nitrogen and oxygen atoms in total. The maximum atomic E-state index is 10.6. The number of carbonyl (C=O) groups excluding carboxylic acids is 1. The number of carboxylic acid groups (broad SMARTS) is 1. The Hall–Kier alpha value is -1.10. The van der Waals surface area contributed by atoms with E-state index in [-0.39, 0.29) is 0 Å². The zero-order chi connectivity index (χ0) is 9.56. The lowest BCUT2D eigenvalue weighted by molar-refractivity contribution is -0.142. The highest BCUT2D eigenvalue weighted by Crippen LogP contribution is 1.96. The van der Waals surface area contributed by atoms with Crippen LogP contribution in [0, 0.1) is 0 Å². The number of nitrogens with one attached hydrogen (secondary N) is 1. The molecule has 1 atom stereocenters. The predicted octanol–water partition coefficient (Wildman–Crippen LogP) is -0.652. The number of aliphatic hydroxyl groups excluding tert-OH is 1. The highest BCUT2D eigenvalue weighted by Gasteiger charge is 2.17. The van der Waals surface area contributed by atoms with Crippen LogP contribution in [0.2, 0.25) is 0 Å². The van der Waals surface area contributed by atoms with Gasteiger partial charge in [0.25, 0.3) is 0 Å². The van der Waals surface area contributed by atoms with Gasteiger partial charge < -0.3 is 15.5 Å². The molecule has 70 valence electrons. The molecule has 0 radical (unpaired) electrons. The normalized spacial score (nSPS) is 12.2. The molecule has 1 amide bonds. The van der Waals surface area contributed by atoms with Crippen LogP contribution in [-0.2, 0) is 9.59 Å². The second-order valence-corrected chi connectivity index (χ2v) is 2.41. The highest BCUT2D eigenvalue weighted by molar-refractivity contribution is 5.83. The van der Waals surface area contributed by atoms with Crippen molar-refractivity contribution in [2.75, 3.05) is 6.61 Å². The van der Waals surface area contributed by atoms with Gasteiger partial charge in [0.2, 0.25) is 5.91 Å². The van der Waals surface area contributed by atoms with E-state index in [2.05, 4.69) is 5.32 Å². The van der Waals surface area contributed by atoms with E-state index in [1.165, 1.54) is 0 Å². The van der Waals surface area contributed by atoms with Gasteiger partial charge in [0.1, 0.15) is 12.6 Å². The van der Waals surface area contributed by atoms with E-state index in [0.717, 1.165) is 0 Å². The van der Waals surface area contributed by atoms with E-state index in [4.69, 9.17) is 10.2 Å². The first kappa shape index (κ1) is 10.9. The van der Waals surface area contributed by atoms with Crippen molar-refractivity contribution < 1.29 is 19.8 Å². The van der Waals surface area contributed by atoms with Gasteiger partial charge in [0, 0.05) is 0 Å². The summed E-state index contributed by atoms with van der Waals surface area (Å²) in [5.41, 5.74) is 0. The summed E-state index contributed by atoms with van der Waals surface area (Å²) in [6, 6.07) is -0.880. The minimum absolute atomic E-state index is 0.376. The number of carbonyl (C=O) groups is 2. The Morgan fingerprint density at radius 2 is 2.08 bits per heavy atom. The smallest absolute Gasteiger partial charge is 0.326 e. The first-order chi connectivity index (χ1) is 5.61. The summed E-state index contributed by atoms with van der Waals surface area (Å²) < 4.78 is 0. The van der Waals surface area contributed by atoms with Crippen LogP contribution in [0.1, 0.15) is 19.8 Å². The van der Waals surface area contributed by atoms with Gasteiger partial charge in [-0.25, -0.2) is 4.79 Å². The third kappa shape index (κ3) is 3.92. The van der Waals surface area contributed by atoms with Crippen molar-refractivity contribution in [3.8, 4) is 0 Å². The summed E-state index contributed by atoms with van der Waals surface area (Å²) in [7, 11) is 0. The minimum atomic E-state index is -1.07. The molecule has 0 aliphatic carbocycles. The maximum Gasteiger partial charge on any atom is 0.326 e. The van der Waals surface area contributed by atoms with Crippen molar-refractivity contribution in [2.24, 2.45) is 0 Å². The number of rotatable bonds is 5. The largest absolute Gasteiger partial charge is 0.480 e. The van der Waals surface area contributed by atoms with Gasteiger partial charge >= 0.3 is 5.97 Å². The van der Waals surface area contributed by atoms with E-state index >= 15 is 0 Å². The van der Waals surface area contributed by atoms with Gasteiger partial charge in [-0.3, -0.25) is 4.79 Å². The SMILES string of the molecule is CCC[C@@H](NC(=O)CO)C(=O)O. The fourth-order valence-corrected chi connectivity index (χ4v) is 0.786. The standard InChI is InChI=1S/C7H13NO4/c1-2-3-5(7(11)12)8-6(10)4-9/h5,9H,2-4H2,1H3,(H,8,10)(H,11,12)/t5-/m1/s1. The summed E-state index contributed by atoms with van der Waals surface area (Å²) in [5.74, 6) is -1.73. The van der Waals surface area contributed by atoms with Gasteiger partial charge in [0.15, 0.2) is 0 Å². The third-order valence-corrected chi connectivity index (χ3v) is 1.35. The fraction of sp³-hybridized carbons (Fsp3) is 0.714. The van der Waals surface area contributed by atoms with E-state index in [9.17, 15) is 9.59 Å². The molecule has 0 saturated carbocycles. The van der Waals surface area contributed by atoms with Crippen LogP contribution in [0.5, 0.6) is 0 Å². The van der Waals surface area contributed by atoms with Crippen molar-refractivity contribution in [3.63, 3.8) is 0 Å². The summed E-state index contributed by atoms with van der Waals surface area (Å²) >= 11 is 0. The summed E-state index contributed by atoms with van der Waals surface area (Å²) in [4.78, 5) is 21.0. The molecule has 0 fully saturated rings. The topological polar surface area (TPSA) is 86.6 Å². The molecule has 0 saturated heterocycles. The fourth-order valence-electron chi connectivity index (χ4n) is 0.786. The number of amides is 1. The quantitative estimate of drug-likeness (QED) is 0.518. The van der Waals surface area contributed by atoms with Gasteiger partial charge in [0.05, 0.1) is 0 Å². The number of aliphatic hydroxyl groups is 1. The molecule has 12 heavy (non-hydrogen) atoms. The van der Waals surface area contributed by atoms with E-state index in [1.807, 2.05) is 6.92 Å². The van der Waals surface area contributed by atoms with Gasteiger partial charge in [-0.05, 0) is 6.42 Å². The van der Waals surface area contributed by atoms with Crippen LogP contribution >= 0.6 is 0 Å². The molecule has 0 aliphatic rings. The first-order valence-corrected chi connectivity index (χ1v) is 3.74. The molecule has 0 aromatic rings. The lowest BCUT2D eigenvalue weighted by Gasteiger charge is -2.11. The Balaban J connectivity index is 3.95. The molecule has 0 spiro atoms. The Bertz CT molecular complexity index is 167. The zero-order valence-electron chi connectivity index (χ0n) is 6.91. The maximum absolute atomic E-state index is 10.6. The van der Waals surface area contributed by atoms with Crippen molar-refractivity contribution >= 4 is 11.9 Å². The van der Waals surface area contributed by atoms with E-state index in [1.54, 1.807) is 0 Å². The number of carboxylic acids is 1. The number of hydrogen-bond donors (Lipinski definition) is 3. The average molecular weight is 175 g/mol. The van der Waals surface area contributed by atoms with Crippen LogP contribution in [-0.4, -0.2) is 34.7 Å². The molecule has 0 heterocycles. The molecule has 0 unspecified atom stereocenters. The average Bonchev–Trinajstić information content (AvgIpc) is 2.03. The monoisotopic (exact) mass is 175 g/mol. The Morgan fingerprint density at radius 3 is 2.42 bits per heavy atom. The lowest BCUT2D eigenvalue weighted by atomic mass is 10.2. The van der Waals surface area contributed by atoms with Crippen LogP contribution in [0.4, 0.5) is 0 Å². The van der Waals surface area contributed by atoms with Gasteiger partial charge in [-0.1, -0.05) is 13.3 Å². The van der Waals surface area contributed by atoms with E-state index < -0.39 is 24.5 Å². The van der Waals surface area contributed by atoms with Gasteiger partial charge in [-0.15, -0.1) is 0 Å². The van der Waals surface area contributed by atoms with Crippen LogP contribution in [0.3, 0.4) is 0 Å². The summed E-state index contributed by atoms with van der Waals surface area (Å²) in [6.45, 7) is 1.15. The predicted molar refractivity (Wildman–Crippen MR) is 41.6 cm³/mol. The molecule has 0 bridgehead atoms. The minimum Gasteiger partial charge on any atom is -0.480 e. The summed E-state index contributed by atoms with van der Waals surface area (Å²) in [5, 5.41) is 19.1. The van der Waals surface area contributed by atoms with Crippen molar-refractivity contribution in [1.29, 1.82) is 0 Å². The Morgan fingerprint density at radius 1 is 1.50 bits per heavy atom. The Kier molecular flexibility index (Phi) is 5.03. The number of aliphatic carboxylic acids is 1. The van der Waals surface area contributed by atoms with Crippen LogP contribution < -0.4 is 5.32 Å². The third-order valence-electron chi connectivity index (χ3n) is 1.35. The van der Waals surface area contributed by atoms with Crippen molar-refractivity contribution in [2.45, 2.75) is 25.8 Å². The van der Waals surface area contributed by atoms with E-state index in [0.29, 0.717) is 12.8 Å². The molecule has 5 heteroatoms. The zero-order valence-corrected chi connectivity index (χ0v) is 6.91. The van der Waals surface area contributed by atoms with Crippen LogP contribution in [0.15, 0.2) is 0 Å². The second kappa shape index (κ2) is 5.54. The lowest BCUT2D eigenvalue weighted by Crippen LogP contribution is -2.41. The molecule has 0 aromatic heterocycles. The Labute approximate surface area is 70.4 Å². The van der Waals surface area contributed by atoms with Gasteiger partial charge in [-0.2, -0.15) is 0 Å². The highest BCUT2D eigenvalue weighted by atomic mass is 16.4.